The van der Waals surface area contributed by atoms with Gasteiger partial charge in [-0.1, -0.05) is 32.1 Å². The maximum absolute atomic E-state index is 13.2. The molecule has 0 spiro atoms. The largest absolute Gasteiger partial charge is 0.410 e. The summed E-state index contributed by atoms with van der Waals surface area (Å²) in [7, 11) is 0. The molecule has 0 heterocycles. The van der Waals surface area contributed by atoms with Gasteiger partial charge in [0.15, 0.2) is 0 Å². The maximum Gasteiger partial charge on any atom is 0.389 e. The Balaban J connectivity index is 2.76. The summed E-state index contributed by atoms with van der Waals surface area (Å²) in [6, 6.07) is 0. The van der Waals surface area contributed by atoms with Crippen molar-refractivity contribution in [3.8, 4) is 17.6 Å². The number of esters is 1. The van der Waals surface area contributed by atoms with Crippen LogP contribution in [0.1, 0.15) is 39.0 Å². The second-order valence-electron chi connectivity index (χ2n) is 4.40. The zero-order valence-corrected chi connectivity index (χ0v) is 11.7. The third-order valence-corrected chi connectivity index (χ3v) is 2.71. The highest BCUT2D eigenvalue weighted by Crippen LogP contribution is 2.29. The van der Waals surface area contributed by atoms with Crippen LogP contribution >= 0.6 is 0 Å². The Bertz CT molecular complexity index is 588. The highest BCUT2D eigenvalue weighted by molar-refractivity contribution is 5.90. The van der Waals surface area contributed by atoms with Gasteiger partial charge >= 0.3 is 5.97 Å². The highest BCUT2D eigenvalue weighted by Gasteiger charge is 2.28. The van der Waals surface area contributed by atoms with Crippen molar-refractivity contribution in [3.05, 3.63) is 29.1 Å². The van der Waals surface area contributed by atoms with Crippen LogP contribution in [-0.4, -0.2) is 5.97 Å². The van der Waals surface area contributed by atoms with Gasteiger partial charge in [-0.2, -0.15) is 8.78 Å². The number of rotatable bonds is 5. The van der Waals surface area contributed by atoms with Crippen LogP contribution in [0.5, 0.6) is 5.75 Å². The molecule has 0 aromatic heterocycles. The third kappa shape index (κ3) is 4.45. The van der Waals surface area contributed by atoms with Gasteiger partial charge < -0.3 is 4.74 Å². The monoisotopic (exact) mass is 320 g/mol. The molecule has 0 saturated heterocycles. The Kier molecular flexibility index (Phi) is 6.83. The molecule has 0 saturated carbocycles. The normalized spacial score (nSPS) is 10.1. The lowest BCUT2D eigenvalue weighted by Crippen LogP contribution is -2.11. The van der Waals surface area contributed by atoms with Gasteiger partial charge in [-0.15, -0.1) is 0 Å². The van der Waals surface area contributed by atoms with E-state index in [1.807, 2.05) is 12.8 Å². The lowest BCUT2D eigenvalue weighted by Gasteiger charge is -2.06. The number of carbonyl (C=O) groups excluding carboxylic acids is 1. The summed E-state index contributed by atoms with van der Waals surface area (Å²) in [6.45, 7) is 2.02. The number of benzene rings is 1. The van der Waals surface area contributed by atoms with Crippen LogP contribution in [0.15, 0.2) is 0 Å². The second kappa shape index (κ2) is 8.37. The molecular formula is C15H13F5O2. The van der Waals surface area contributed by atoms with Crippen molar-refractivity contribution in [2.24, 2.45) is 0 Å². The maximum atomic E-state index is 13.2. The fourth-order valence-electron chi connectivity index (χ4n) is 1.57. The van der Waals surface area contributed by atoms with Gasteiger partial charge in [0.1, 0.15) is 0 Å². The number of halogens is 5. The van der Waals surface area contributed by atoms with E-state index in [0.717, 1.165) is 25.7 Å². The molecule has 0 bridgehead atoms. The van der Waals surface area contributed by atoms with Crippen LogP contribution < -0.4 is 4.74 Å². The molecule has 0 N–H and O–H groups in total. The average molecular weight is 320 g/mol. The van der Waals surface area contributed by atoms with Crippen LogP contribution in [0.25, 0.3) is 0 Å². The van der Waals surface area contributed by atoms with Gasteiger partial charge in [0.05, 0.1) is 0 Å². The number of hydrogen-bond donors (Lipinski definition) is 0. The van der Waals surface area contributed by atoms with E-state index in [2.05, 4.69) is 10.7 Å². The van der Waals surface area contributed by atoms with Gasteiger partial charge in [-0.05, 0) is 6.42 Å². The topological polar surface area (TPSA) is 26.3 Å². The van der Waals surface area contributed by atoms with E-state index in [9.17, 15) is 26.7 Å². The molecule has 0 unspecified atom stereocenters. The first kappa shape index (κ1) is 18.0. The van der Waals surface area contributed by atoms with E-state index in [0.29, 0.717) is 6.42 Å². The molecule has 0 aliphatic carbocycles. The average Bonchev–Trinajstić information content (AvgIpc) is 2.51. The molecule has 2 nitrogen and oxygen atoms in total. The first-order valence-electron chi connectivity index (χ1n) is 6.62. The molecular weight excluding hydrogens is 307 g/mol. The summed E-state index contributed by atoms with van der Waals surface area (Å²) in [5.74, 6) is -9.82. The molecule has 120 valence electrons. The van der Waals surface area contributed by atoms with E-state index in [1.54, 1.807) is 0 Å². The molecule has 0 atom stereocenters. The second-order valence-corrected chi connectivity index (χ2v) is 4.40. The van der Waals surface area contributed by atoms with Crippen LogP contribution in [-0.2, 0) is 4.79 Å². The summed E-state index contributed by atoms with van der Waals surface area (Å²) in [5.41, 5.74) is 0. The molecule has 0 aliphatic rings. The first-order valence-corrected chi connectivity index (χ1v) is 6.62. The van der Waals surface area contributed by atoms with Crippen LogP contribution in [0, 0.1) is 40.9 Å². The molecule has 1 aromatic rings. The lowest BCUT2D eigenvalue weighted by molar-refractivity contribution is -0.128. The summed E-state index contributed by atoms with van der Waals surface area (Å²) >= 11 is 0. The van der Waals surface area contributed by atoms with Gasteiger partial charge in [-0.25, -0.2) is 18.0 Å². The minimum atomic E-state index is -2.32. The Morgan fingerprint density at radius 1 is 0.909 bits per heavy atom. The summed E-state index contributed by atoms with van der Waals surface area (Å²) in [6.07, 6.45) is 4.05. The van der Waals surface area contributed by atoms with Gasteiger partial charge in [0.25, 0.3) is 0 Å². The number of ether oxygens (including phenoxy) is 1. The Morgan fingerprint density at radius 3 is 2.00 bits per heavy atom. The Labute approximate surface area is 124 Å². The number of unbranched alkanes of at least 4 members (excludes halogenated alkanes) is 4. The molecule has 7 heteroatoms. The van der Waals surface area contributed by atoms with Crippen molar-refractivity contribution < 1.29 is 31.5 Å². The predicted molar refractivity (Wildman–Crippen MR) is 68.4 cm³/mol. The zero-order valence-electron chi connectivity index (χ0n) is 11.7. The fourth-order valence-corrected chi connectivity index (χ4v) is 1.57. The van der Waals surface area contributed by atoms with Crippen molar-refractivity contribution >= 4 is 5.97 Å². The quantitative estimate of drug-likeness (QED) is 0.118. The van der Waals surface area contributed by atoms with Crippen LogP contribution in [0.2, 0.25) is 0 Å². The van der Waals surface area contributed by atoms with E-state index in [4.69, 9.17) is 0 Å². The standard InChI is InChI=1S/C15H13F5O2/c1-2-3-4-5-6-7-8-9(21)22-15-13(19)11(17)10(16)12(18)14(15)20/h2-6H2,1H3. The summed E-state index contributed by atoms with van der Waals surface area (Å²) in [4.78, 5) is 11.2. The molecule has 22 heavy (non-hydrogen) atoms. The lowest BCUT2D eigenvalue weighted by atomic mass is 10.2. The van der Waals surface area contributed by atoms with Crippen molar-refractivity contribution in [1.82, 2.24) is 0 Å². The third-order valence-electron chi connectivity index (χ3n) is 2.71. The molecule has 0 radical (unpaired) electrons. The molecule has 1 aromatic carbocycles. The van der Waals surface area contributed by atoms with Crippen LogP contribution in [0.3, 0.4) is 0 Å². The molecule has 0 amide bonds. The van der Waals surface area contributed by atoms with E-state index >= 15 is 0 Å². The minimum absolute atomic E-state index is 0.367. The van der Waals surface area contributed by atoms with E-state index in [1.165, 1.54) is 0 Å². The summed E-state index contributed by atoms with van der Waals surface area (Å²) in [5, 5.41) is 0. The van der Waals surface area contributed by atoms with Gasteiger partial charge in [-0.3, -0.25) is 0 Å². The fraction of sp³-hybridized carbons (Fsp3) is 0.400. The predicted octanol–water partition coefficient (Wildman–Crippen LogP) is 4.26. The Hall–Kier alpha value is -2.10. The minimum Gasteiger partial charge on any atom is -0.410 e. The van der Waals surface area contributed by atoms with Crippen molar-refractivity contribution in [1.29, 1.82) is 0 Å². The summed E-state index contributed by atoms with van der Waals surface area (Å²) < 4.78 is 69.2. The smallest absolute Gasteiger partial charge is 0.389 e. The van der Waals surface area contributed by atoms with E-state index in [-0.39, 0.29) is 0 Å². The van der Waals surface area contributed by atoms with Crippen molar-refractivity contribution in [2.45, 2.75) is 39.0 Å². The Morgan fingerprint density at radius 2 is 1.45 bits per heavy atom. The highest BCUT2D eigenvalue weighted by atomic mass is 19.2. The van der Waals surface area contributed by atoms with E-state index < -0.39 is 40.8 Å². The van der Waals surface area contributed by atoms with Gasteiger partial charge in [0, 0.05) is 12.3 Å². The SMILES string of the molecule is CCCCCCC#CC(=O)Oc1c(F)c(F)c(F)c(F)c1F. The van der Waals surface area contributed by atoms with Crippen molar-refractivity contribution in [2.75, 3.05) is 0 Å². The van der Waals surface area contributed by atoms with Crippen LogP contribution in [0.4, 0.5) is 22.0 Å². The number of carbonyl (C=O) groups is 1. The molecule has 0 aliphatic heterocycles. The molecule has 1 rings (SSSR count). The van der Waals surface area contributed by atoms with Crippen molar-refractivity contribution in [3.63, 3.8) is 0 Å². The van der Waals surface area contributed by atoms with Gasteiger partial charge in [0.2, 0.25) is 34.8 Å². The zero-order chi connectivity index (χ0) is 16.7. The number of hydrogen-bond acceptors (Lipinski definition) is 2. The first-order chi connectivity index (χ1) is 10.4. The molecule has 0 fully saturated rings.